The Balaban J connectivity index is 2.26. The van der Waals surface area contributed by atoms with Gasteiger partial charge in [-0.3, -0.25) is 0 Å². The van der Waals surface area contributed by atoms with Gasteiger partial charge < -0.3 is 9.84 Å². The van der Waals surface area contributed by atoms with Crippen molar-refractivity contribution in [3.63, 3.8) is 0 Å². The van der Waals surface area contributed by atoms with E-state index in [-0.39, 0.29) is 13.2 Å². The van der Waals surface area contributed by atoms with Crippen LogP contribution >= 0.6 is 0 Å². The van der Waals surface area contributed by atoms with Crippen molar-refractivity contribution in [2.24, 2.45) is 0 Å². The van der Waals surface area contributed by atoms with Gasteiger partial charge in [0.2, 0.25) is 5.88 Å². The minimum atomic E-state index is -0.0259. The average Bonchev–Trinajstić information content (AvgIpc) is 2.61. The second-order valence-electron chi connectivity index (χ2n) is 2.38. The predicted octanol–water partition coefficient (Wildman–Crippen LogP) is -0.505. The average molecular weight is 180 g/mol. The molecule has 13 heavy (non-hydrogen) atoms. The third-order valence-corrected chi connectivity index (χ3v) is 1.48. The summed E-state index contributed by atoms with van der Waals surface area (Å²) in [5.41, 5.74) is 0.663. The van der Waals surface area contributed by atoms with Crippen LogP contribution in [0.2, 0.25) is 0 Å². The van der Waals surface area contributed by atoms with Crippen molar-refractivity contribution in [2.75, 3.05) is 13.2 Å². The van der Waals surface area contributed by atoms with Gasteiger partial charge in [-0.05, 0) is 6.07 Å². The normalized spacial score (nSPS) is 10.5. The van der Waals surface area contributed by atoms with Crippen molar-refractivity contribution in [1.82, 2.24) is 19.8 Å². The summed E-state index contributed by atoms with van der Waals surface area (Å²) in [6.45, 7) is 0.211. The second-order valence-corrected chi connectivity index (χ2v) is 2.38. The molecule has 0 saturated heterocycles. The van der Waals surface area contributed by atoms with E-state index < -0.39 is 0 Å². The molecule has 2 aromatic rings. The Bertz CT molecular complexity index is 400. The molecular formula is C7H8N4O2. The molecule has 0 atom stereocenters. The summed E-state index contributed by atoms with van der Waals surface area (Å²) in [7, 11) is 0. The van der Waals surface area contributed by atoms with E-state index in [1.807, 2.05) is 0 Å². The van der Waals surface area contributed by atoms with Crippen molar-refractivity contribution in [1.29, 1.82) is 0 Å². The number of hydrogen-bond acceptors (Lipinski definition) is 5. The van der Waals surface area contributed by atoms with Crippen LogP contribution in [0, 0.1) is 0 Å². The summed E-state index contributed by atoms with van der Waals surface area (Å²) in [4.78, 5) is 0. The minimum Gasteiger partial charge on any atom is -0.474 e. The van der Waals surface area contributed by atoms with E-state index in [2.05, 4.69) is 15.3 Å². The molecule has 0 fully saturated rings. The molecule has 0 amide bonds. The Morgan fingerprint density at radius 2 is 2.38 bits per heavy atom. The summed E-state index contributed by atoms with van der Waals surface area (Å²) >= 11 is 0. The van der Waals surface area contributed by atoms with Crippen molar-refractivity contribution in [2.45, 2.75) is 0 Å². The van der Waals surface area contributed by atoms with E-state index in [0.29, 0.717) is 11.5 Å². The van der Waals surface area contributed by atoms with E-state index in [0.717, 1.165) is 0 Å². The molecule has 6 nitrogen and oxygen atoms in total. The van der Waals surface area contributed by atoms with E-state index in [1.54, 1.807) is 12.1 Å². The first-order valence-electron chi connectivity index (χ1n) is 3.81. The highest BCUT2D eigenvalue weighted by Gasteiger charge is 1.98. The van der Waals surface area contributed by atoms with Crippen LogP contribution in [0.25, 0.3) is 5.65 Å². The Kier molecular flexibility index (Phi) is 2.05. The number of aliphatic hydroxyl groups is 1. The standard InChI is InChI=1S/C7H8N4O2/c12-3-4-13-7-2-1-6-9-8-5-11(6)10-7/h1-2,5,12H,3-4H2. The highest BCUT2D eigenvalue weighted by atomic mass is 16.5. The summed E-state index contributed by atoms with van der Waals surface area (Å²) < 4.78 is 6.60. The molecule has 0 aliphatic rings. The van der Waals surface area contributed by atoms with Gasteiger partial charge in [0.1, 0.15) is 12.9 Å². The fourth-order valence-electron chi connectivity index (χ4n) is 0.938. The van der Waals surface area contributed by atoms with Crippen LogP contribution in [0.1, 0.15) is 0 Å². The number of rotatable bonds is 3. The number of aliphatic hydroxyl groups excluding tert-OH is 1. The zero-order valence-electron chi connectivity index (χ0n) is 6.79. The largest absolute Gasteiger partial charge is 0.474 e. The number of fused-ring (bicyclic) bond motifs is 1. The third kappa shape index (κ3) is 1.57. The highest BCUT2D eigenvalue weighted by molar-refractivity contribution is 5.35. The number of aromatic nitrogens is 4. The lowest BCUT2D eigenvalue weighted by Gasteiger charge is -2.01. The topological polar surface area (TPSA) is 72.5 Å². The monoisotopic (exact) mass is 180 g/mol. The van der Waals surface area contributed by atoms with Gasteiger partial charge in [-0.25, -0.2) is 0 Å². The van der Waals surface area contributed by atoms with E-state index in [9.17, 15) is 0 Å². The third-order valence-electron chi connectivity index (χ3n) is 1.48. The van der Waals surface area contributed by atoms with Crippen LogP contribution in [-0.4, -0.2) is 38.1 Å². The van der Waals surface area contributed by atoms with Crippen LogP contribution in [-0.2, 0) is 0 Å². The first-order valence-corrected chi connectivity index (χ1v) is 3.81. The molecule has 0 bridgehead atoms. The molecule has 2 aromatic heterocycles. The molecule has 0 aliphatic heterocycles. The van der Waals surface area contributed by atoms with Crippen molar-refractivity contribution in [3.05, 3.63) is 18.5 Å². The molecule has 1 N–H and O–H groups in total. The molecule has 0 saturated carbocycles. The van der Waals surface area contributed by atoms with Crippen molar-refractivity contribution >= 4 is 5.65 Å². The van der Waals surface area contributed by atoms with Gasteiger partial charge in [0, 0.05) is 6.07 Å². The summed E-state index contributed by atoms with van der Waals surface area (Å²) in [6, 6.07) is 3.42. The van der Waals surface area contributed by atoms with Gasteiger partial charge >= 0.3 is 0 Å². The van der Waals surface area contributed by atoms with Gasteiger partial charge in [0.25, 0.3) is 0 Å². The Labute approximate surface area is 73.8 Å². The first kappa shape index (κ1) is 7.93. The van der Waals surface area contributed by atoms with E-state index >= 15 is 0 Å². The summed E-state index contributed by atoms with van der Waals surface area (Å²) in [5.74, 6) is 0.446. The summed E-state index contributed by atoms with van der Waals surface area (Å²) in [5, 5.41) is 20.0. The maximum Gasteiger partial charge on any atom is 0.231 e. The van der Waals surface area contributed by atoms with Crippen molar-refractivity contribution < 1.29 is 9.84 Å². The summed E-state index contributed by atoms with van der Waals surface area (Å²) in [6.07, 6.45) is 1.49. The first-order chi connectivity index (χ1) is 6.40. The maximum absolute atomic E-state index is 8.52. The van der Waals surface area contributed by atoms with Crippen LogP contribution < -0.4 is 4.74 Å². The molecular weight excluding hydrogens is 172 g/mol. The van der Waals surface area contributed by atoms with Crippen molar-refractivity contribution in [3.8, 4) is 5.88 Å². The van der Waals surface area contributed by atoms with Crippen LogP contribution in [0.3, 0.4) is 0 Å². The fraction of sp³-hybridized carbons (Fsp3) is 0.286. The number of nitrogens with zero attached hydrogens (tertiary/aromatic N) is 4. The van der Waals surface area contributed by atoms with Gasteiger partial charge in [0.05, 0.1) is 6.61 Å². The lowest BCUT2D eigenvalue weighted by atomic mass is 10.5. The zero-order chi connectivity index (χ0) is 9.10. The molecule has 0 aromatic carbocycles. The molecule has 0 aliphatic carbocycles. The van der Waals surface area contributed by atoms with Gasteiger partial charge in [-0.2, -0.15) is 4.52 Å². The molecule has 2 rings (SSSR count). The quantitative estimate of drug-likeness (QED) is 0.689. The minimum absolute atomic E-state index is 0.0259. The molecule has 68 valence electrons. The van der Waals surface area contributed by atoms with Crippen LogP contribution in [0.15, 0.2) is 18.5 Å². The van der Waals surface area contributed by atoms with Gasteiger partial charge in [-0.1, -0.05) is 0 Å². The fourth-order valence-corrected chi connectivity index (χ4v) is 0.938. The Hall–Kier alpha value is -1.69. The maximum atomic E-state index is 8.52. The van der Waals surface area contributed by atoms with Gasteiger partial charge in [-0.15, -0.1) is 15.3 Å². The SMILES string of the molecule is OCCOc1ccc2nncn2n1. The van der Waals surface area contributed by atoms with E-state index in [4.69, 9.17) is 9.84 Å². The molecule has 0 unspecified atom stereocenters. The van der Waals surface area contributed by atoms with Gasteiger partial charge in [0.15, 0.2) is 5.65 Å². The van der Waals surface area contributed by atoms with Crippen LogP contribution in [0.4, 0.5) is 0 Å². The predicted molar refractivity (Wildman–Crippen MR) is 43.4 cm³/mol. The smallest absolute Gasteiger partial charge is 0.231 e. The second kappa shape index (κ2) is 3.36. The lowest BCUT2D eigenvalue weighted by molar-refractivity contribution is 0.195. The molecule has 2 heterocycles. The Morgan fingerprint density at radius 1 is 1.46 bits per heavy atom. The highest BCUT2D eigenvalue weighted by Crippen LogP contribution is 2.05. The lowest BCUT2D eigenvalue weighted by Crippen LogP contribution is -2.04. The Morgan fingerprint density at radius 3 is 3.23 bits per heavy atom. The van der Waals surface area contributed by atoms with Crippen LogP contribution in [0.5, 0.6) is 5.88 Å². The molecule has 0 radical (unpaired) electrons. The zero-order valence-corrected chi connectivity index (χ0v) is 6.79. The van der Waals surface area contributed by atoms with E-state index in [1.165, 1.54) is 10.8 Å². The molecule has 6 heteroatoms. The number of ether oxygens (including phenoxy) is 1. The molecule has 0 spiro atoms. The number of hydrogen-bond donors (Lipinski definition) is 1.